The number of nitrogens with zero attached hydrogens (tertiary/aromatic N) is 4. The molecule has 6 nitrogen and oxygen atoms in total. The van der Waals surface area contributed by atoms with Crippen molar-refractivity contribution >= 4 is 34.6 Å². The Bertz CT molecular complexity index is 584. The number of nitrogens with two attached hydrogens (primary N) is 2. The number of aromatic nitrogens is 4. The maximum Gasteiger partial charge on any atom is 0.156 e. The lowest BCUT2D eigenvalue weighted by Gasteiger charge is -2.13. The van der Waals surface area contributed by atoms with Gasteiger partial charge in [0.15, 0.2) is 10.3 Å². The lowest BCUT2D eigenvalue weighted by molar-refractivity contribution is 0.774. The van der Waals surface area contributed by atoms with Crippen molar-refractivity contribution in [3.8, 4) is 0 Å². The van der Waals surface area contributed by atoms with Crippen molar-refractivity contribution in [2.24, 2.45) is 0 Å². The van der Waals surface area contributed by atoms with E-state index in [0.29, 0.717) is 11.8 Å². The Hall–Kier alpha value is -1.66. The fourth-order valence-electron chi connectivity index (χ4n) is 1.70. The summed E-state index contributed by atoms with van der Waals surface area (Å²) < 4.78 is 0. The standard InChI is InChI=1S/C10H17N3.C4H3Cl2N3/c1-6(2)9-8(11)10(7(3)4)13-5-12-9;5-3-2(7)4(6)9-1-8-3/h5-7H,11H2,1-4H3;1H,7H2. The Kier molecular flexibility index (Phi) is 6.77. The van der Waals surface area contributed by atoms with Gasteiger partial charge in [0.1, 0.15) is 18.3 Å². The fourth-order valence-corrected chi connectivity index (χ4v) is 2.01. The first-order valence-corrected chi connectivity index (χ1v) is 7.53. The van der Waals surface area contributed by atoms with Crippen LogP contribution in [0.1, 0.15) is 50.9 Å². The maximum absolute atomic E-state index is 5.96. The first-order chi connectivity index (χ1) is 10.3. The van der Waals surface area contributed by atoms with Crippen molar-refractivity contribution in [1.82, 2.24) is 19.9 Å². The molecule has 22 heavy (non-hydrogen) atoms. The van der Waals surface area contributed by atoms with Crippen molar-refractivity contribution in [3.63, 3.8) is 0 Å². The fraction of sp³-hybridized carbons (Fsp3) is 0.429. The molecule has 4 N–H and O–H groups in total. The summed E-state index contributed by atoms with van der Waals surface area (Å²) in [4.78, 5) is 15.5. The molecule has 0 bridgehead atoms. The lowest BCUT2D eigenvalue weighted by atomic mass is 10.0. The van der Waals surface area contributed by atoms with Gasteiger partial charge in [0, 0.05) is 0 Å². The van der Waals surface area contributed by atoms with Gasteiger partial charge in [-0.25, -0.2) is 19.9 Å². The number of halogens is 2. The van der Waals surface area contributed by atoms with E-state index in [-0.39, 0.29) is 16.0 Å². The highest BCUT2D eigenvalue weighted by Crippen LogP contribution is 2.25. The minimum Gasteiger partial charge on any atom is -0.396 e. The smallest absolute Gasteiger partial charge is 0.156 e. The van der Waals surface area contributed by atoms with Crippen LogP contribution >= 0.6 is 23.2 Å². The second-order valence-electron chi connectivity index (χ2n) is 5.24. The molecule has 2 heterocycles. The summed E-state index contributed by atoms with van der Waals surface area (Å²) in [5.74, 6) is 0.723. The Morgan fingerprint density at radius 1 is 0.727 bits per heavy atom. The Labute approximate surface area is 140 Å². The summed E-state index contributed by atoms with van der Waals surface area (Å²) in [5.41, 5.74) is 14.1. The molecule has 0 aliphatic rings. The largest absolute Gasteiger partial charge is 0.396 e. The summed E-state index contributed by atoms with van der Waals surface area (Å²) in [7, 11) is 0. The molecule has 0 saturated heterocycles. The number of nitrogen functional groups attached to an aromatic ring is 2. The van der Waals surface area contributed by atoms with E-state index in [4.69, 9.17) is 34.7 Å². The van der Waals surface area contributed by atoms with Crippen LogP contribution in [0.4, 0.5) is 11.4 Å². The minimum atomic E-state index is 0.190. The van der Waals surface area contributed by atoms with Crippen molar-refractivity contribution in [1.29, 1.82) is 0 Å². The summed E-state index contributed by atoms with van der Waals surface area (Å²) in [6.45, 7) is 8.34. The second kappa shape index (κ2) is 8.10. The van der Waals surface area contributed by atoms with Crippen LogP contribution in [0, 0.1) is 0 Å². The van der Waals surface area contributed by atoms with E-state index < -0.39 is 0 Å². The Balaban J connectivity index is 0.000000235. The van der Waals surface area contributed by atoms with Crippen LogP contribution in [0.2, 0.25) is 10.3 Å². The van der Waals surface area contributed by atoms with Crippen molar-refractivity contribution in [2.45, 2.75) is 39.5 Å². The van der Waals surface area contributed by atoms with Crippen LogP contribution in [-0.4, -0.2) is 19.9 Å². The molecule has 0 fully saturated rings. The Morgan fingerprint density at radius 3 is 1.41 bits per heavy atom. The van der Waals surface area contributed by atoms with E-state index in [2.05, 4.69) is 47.6 Å². The van der Waals surface area contributed by atoms with Crippen LogP contribution < -0.4 is 11.5 Å². The summed E-state index contributed by atoms with van der Waals surface area (Å²) in [6.07, 6.45) is 2.85. The third kappa shape index (κ3) is 4.68. The van der Waals surface area contributed by atoms with Gasteiger partial charge in [0.25, 0.3) is 0 Å². The molecular weight excluding hydrogens is 323 g/mol. The monoisotopic (exact) mass is 342 g/mol. The van der Waals surface area contributed by atoms with Crippen LogP contribution in [0.25, 0.3) is 0 Å². The highest BCUT2D eigenvalue weighted by molar-refractivity contribution is 6.37. The van der Waals surface area contributed by atoms with Gasteiger partial charge >= 0.3 is 0 Å². The predicted octanol–water partition coefficient (Wildman–Crippen LogP) is 3.67. The minimum absolute atomic E-state index is 0.190. The van der Waals surface area contributed by atoms with Gasteiger partial charge in [0.05, 0.1) is 17.1 Å². The number of rotatable bonds is 2. The quantitative estimate of drug-likeness (QED) is 0.806. The zero-order valence-corrected chi connectivity index (χ0v) is 14.5. The number of anilines is 2. The first kappa shape index (κ1) is 18.4. The molecule has 0 saturated carbocycles. The topological polar surface area (TPSA) is 104 Å². The maximum atomic E-state index is 5.96. The van der Waals surface area contributed by atoms with E-state index in [1.54, 1.807) is 6.33 Å². The molecule has 0 aromatic carbocycles. The molecule has 0 aliphatic heterocycles. The van der Waals surface area contributed by atoms with Crippen LogP contribution in [-0.2, 0) is 0 Å². The normalized spacial score (nSPS) is 10.5. The number of hydrogen-bond donors (Lipinski definition) is 2. The van der Waals surface area contributed by atoms with E-state index in [1.807, 2.05) is 0 Å². The third-order valence-corrected chi connectivity index (χ3v) is 3.43. The highest BCUT2D eigenvalue weighted by atomic mass is 35.5. The Morgan fingerprint density at radius 2 is 1.09 bits per heavy atom. The molecule has 2 aromatic rings. The van der Waals surface area contributed by atoms with Gasteiger partial charge < -0.3 is 11.5 Å². The molecule has 0 unspecified atom stereocenters. The van der Waals surface area contributed by atoms with E-state index in [1.165, 1.54) is 6.33 Å². The number of hydrogen-bond acceptors (Lipinski definition) is 6. The van der Waals surface area contributed by atoms with E-state index in [0.717, 1.165) is 17.1 Å². The molecule has 0 amide bonds. The second-order valence-corrected chi connectivity index (χ2v) is 5.95. The van der Waals surface area contributed by atoms with Crippen LogP contribution in [0.15, 0.2) is 12.7 Å². The van der Waals surface area contributed by atoms with Gasteiger partial charge in [0.2, 0.25) is 0 Å². The third-order valence-electron chi connectivity index (χ3n) is 2.83. The molecule has 0 radical (unpaired) electrons. The molecule has 8 heteroatoms. The van der Waals surface area contributed by atoms with Crippen LogP contribution in [0.5, 0.6) is 0 Å². The SMILES string of the molecule is CC(C)c1ncnc(C(C)C)c1N.Nc1c(Cl)ncnc1Cl. The predicted molar refractivity (Wildman–Crippen MR) is 91.1 cm³/mol. The zero-order chi connectivity index (χ0) is 16.9. The van der Waals surface area contributed by atoms with Gasteiger partial charge in [-0.2, -0.15) is 0 Å². The van der Waals surface area contributed by atoms with Gasteiger partial charge in [-0.1, -0.05) is 50.9 Å². The van der Waals surface area contributed by atoms with Crippen LogP contribution in [0.3, 0.4) is 0 Å². The highest BCUT2D eigenvalue weighted by Gasteiger charge is 2.12. The molecule has 120 valence electrons. The first-order valence-electron chi connectivity index (χ1n) is 6.77. The van der Waals surface area contributed by atoms with Crippen molar-refractivity contribution in [3.05, 3.63) is 34.3 Å². The van der Waals surface area contributed by atoms with Gasteiger partial charge in [-0.15, -0.1) is 0 Å². The average molecular weight is 343 g/mol. The lowest BCUT2D eigenvalue weighted by Crippen LogP contribution is -2.07. The summed E-state index contributed by atoms with van der Waals surface area (Å²) in [5, 5.41) is 0.380. The molecule has 0 aliphatic carbocycles. The van der Waals surface area contributed by atoms with Gasteiger partial charge in [-0.3, -0.25) is 0 Å². The molecular formula is C14H20Cl2N6. The molecule has 0 atom stereocenters. The van der Waals surface area contributed by atoms with Crippen molar-refractivity contribution < 1.29 is 0 Å². The van der Waals surface area contributed by atoms with Gasteiger partial charge in [-0.05, 0) is 11.8 Å². The zero-order valence-electron chi connectivity index (χ0n) is 13.0. The molecule has 2 rings (SSSR count). The van der Waals surface area contributed by atoms with Crippen molar-refractivity contribution in [2.75, 3.05) is 11.5 Å². The molecule has 2 aromatic heterocycles. The summed E-state index contributed by atoms with van der Waals surface area (Å²) in [6, 6.07) is 0. The average Bonchev–Trinajstić information content (AvgIpc) is 2.45. The van der Waals surface area contributed by atoms with E-state index >= 15 is 0 Å². The van der Waals surface area contributed by atoms with E-state index in [9.17, 15) is 0 Å². The molecule has 0 spiro atoms. The summed E-state index contributed by atoms with van der Waals surface area (Å²) >= 11 is 10.9.